The van der Waals surface area contributed by atoms with Crippen LogP contribution in [-0.2, 0) is 0 Å². The Kier molecular flexibility index (Phi) is 4.63. The topological polar surface area (TPSA) is 32.5 Å². The number of rotatable bonds is 5. The average Bonchev–Trinajstić information content (AvgIpc) is 3.24. The van der Waals surface area contributed by atoms with Gasteiger partial charge < -0.3 is 10.6 Å². The first kappa shape index (κ1) is 15.0. The summed E-state index contributed by atoms with van der Waals surface area (Å²) in [4.78, 5) is 5.17. The predicted molar refractivity (Wildman–Crippen MR) is 88.4 cm³/mol. The molecule has 3 rings (SSSR count). The Morgan fingerprint density at radius 3 is 2.14 bits per heavy atom. The van der Waals surface area contributed by atoms with Gasteiger partial charge in [-0.1, -0.05) is 29.3 Å². The van der Waals surface area contributed by atoms with E-state index in [-0.39, 0.29) is 6.04 Å². The Balaban J connectivity index is 1.49. The minimum atomic E-state index is 0.138. The van der Waals surface area contributed by atoms with Gasteiger partial charge in [0.25, 0.3) is 0 Å². The molecule has 116 valence electrons. The van der Waals surface area contributed by atoms with Crippen molar-refractivity contribution in [2.75, 3.05) is 39.3 Å². The van der Waals surface area contributed by atoms with Gasteiger partial charge in [-0.25, -0.2) is 0 Å². The maximum atomic E-state index is 6.43. The molecule has 0 aromatic heterocycles. The van der Waals surface area contributed by atoms with Gasteiger partial charge in [0, 0.05) is 45.3 Å². The number of benzene rings is 1. The first-order valence-electron chi connectivity index (χ1n) is 8.38. The summed E-state index contributed by atoms with van der Waals surface area (Å²) in [7, 11) is 0. The molecule has 1 saturated carbocycles. The van der Waals surface area contributed by atoms with E-state index in [9.17, 15) is 0 Å². The smallest absolute Gasteiger partial charge is 0.0424 e. The van der Waals surface area contributed by atoms with Crippen molar-refractivity contribution in [3.05, 3.63) is 34.9 Å². The molecular weight excluding hydrogens is 258 g/mol. The van der Waals surface area contributed by atoms with Gasteiger partial charge in [0.05, 0.1) is 0 Å². The third kappa shape index (κ3) is 4.29. The van der Waals surface area contributed by atoms with Crippen LogP contribution >= 0.6 is 0 Å². The van der Waals surface area contributed by atoms with Crippen LogP contribution in [0.4, 0.5) is 0 Å². The molecule has 2 fully saturated rings. The van der Waals surface area contributed by atoms with Gasteiger partial charge in [-0.05, 0) is 38.2 Å². The van der Waals surface area contributed by atoms with Crippen molar-refractivity contribution >= 4 is 0 Å². The van der Waals surface area contributed by atoms with E-state index in [0.29, 0.717) is 0 Å². The Bertz CT molecular complexity index is 453. The molecule has 2 N–H and O–H groups in total. The number of piperazine rings is 1. The zero-order chi connectivity index (χ0) is 14.8. The van der Waals surface area contributed by atoms with E-state index < -0.39 is 0 Å². The molecule has 0 spiro atoms. The SMILES string of the molecule is Cc1cc(C)cc(C(N)CN2CCN(CC3CC3)CC2)c1. The fourth-order valence-corrected chi connectivity index (χ4v) is 3.43. The van der Waals surface area contributed by atoms with Gasteiger partial charge in [0.1, 0.15) is 0 Å². The van der Waals surface area contributed by atoms with E-state index in [0.717, 1.165) is 12.5 Å². The van der Waals surface area contributed by atoms with E-state index in [1.165, 1.54) is 62.3 Å². The normalized spacial score (nSPS) is 22.4. The van der Waals surface area contributed by atoms with E-state index in [4.69, 9.17) is 5.73 Å². The van der Waals surface area contributed by atoms with E-state index >= 15 is 0 Å². The molecule has 0 amide bonds. The quantitative estimate of drug-likeness (QED) is 0.902. The molecule has 0 radical (unpaired) electrons. The van der Waals surface area contributed by atoms with Gasteiger partial charge in [-0.15, -0.1) is 0 Å². The van der Waals surface area contributed by atoms with Crippen molar-refractivity contribution in [3.8, 4) is 0 Å². The second-order valence-electron chi connectivity index (χ2n) is 7.07. The fraction of sp³-hybridized carbons (Fsp3) is 0.667. The summed E-state index contributed by atoms with van der Waals surface area (Å²) in [6.07, 6.45) is 2.91. The van der Waals surface area contributed by atoms with Crippen molar-refractivity contribution in [2.24, 2.45) is 11.7 Å². The molecule has 1 aromatic carbocycles. The maximum absolute atomic E-state index is 6.43. The number of nitrogens with two attached hydrogens (primary N) is 1. The summed E-state index contributed by atoms with van der Waals surface area (Å²) in [5, 5.41) is 0. The van der Waals surface area contributed by atoms with E-state index in [2.05, 4.69) is 41.8 Å². The van der Waals surface area contributed by atoms with E-state index in [1.807, 2.05) is 0 Å². The highest BCUT2D eigenvalue weighted by atomic mass is 15.3. The molecule has 0 bridgehead atoms. The fourth-order valence-electron chi connectivity index (χ4n) is 3.43. The molecule has 1 aliphatic heterocycles. The summed E-state index contributed by atoms with van der Waals surface area (Å²) < 4.78 is 0. The summed E-state index contributed by atoms with van der Waals surface area (Å²) in [5.41, 5.74) is 10.3. The van der Waals surface area contributed by atoms with Gasteiger partial charge in [-0.3, -0.25) is 4.90 Å². The highest BCUT2D eigenvalue weighted by molar-refractivity contribution is 5.30. The zero-order valence-electron chi connectivity index (χ0n) is 13.5. The van der Waals surface area contributed by atoms with Crippen LogP contribution in [-0.4, -0.2) is 49.1 Å². The molecule has 2 aliphatic rings. The monoisotopic (exact) mass is 287 g/mol. The van der Waals surface area contributed by atoms with Crippen molar-refractivity contribution < 1.29 is 0 Å². The zero-order valence-corrected chi connectivity index (χ0v) is 13.5. The van der Waals surface area contributed by atoms with Gasteiger partial charge >= 0.3 is 0 Å². The highest BCUT2D eigenvalue weighted by Gasteiger charge is 2.26. The average molecular weight is 287 g/mol. The number of hydrogen-bond acceptors (Lipinski definition) is 3. The highest BCUT2D eigenvalue weighted by Crippen LogP contribution is 2.30. The molecule has 3 nitrogen and oxygen atoms in total. The molecule has 1 atom stereocenters. The Hall–Kier alpha value is -0.900. The molecule has 1 saturated heterocycles. The summed E-state index contributed by atoms with van der Waals surface area (Å²) in [6.45, 7) is 11.4. The first-order valence-corrected chi connectivity index (χ1v) is 8.38. The maximum Gasteiger partial charge on any atom is 0.0424 e. The second-order valence-corrected chi connectivity index (χ2v) is 7.07. The Morgan fingerprint density at radius 1 is 1.00 bits per heavy atom. The largest absolute Gasteiger partial charge is 0.323 e. The van der Waals surface area contributed by atoms with Crippen LogP contribution in [0.15, 0.2) is 18.2 Å². The number of hydrogen-bond donors (Lipinski definition) is 1. The van der Waals surface area contributed by atoms with Crippen LogP contribution in [0, 0.1) is 19.8 Å². The number of nitrogens with zero attached hydrogens (tertiary/aromatic N) is 2. The van der Waals surface area contributed by atoms with Crippen LogP contribution in [0.1, 0.15) is 35.6 Å². The molecule has 1 unspecified atom stereocenters. The van der Waals surface area contributed by atoms with Crippen LogP contribution in [0.2, 0.25) is 0 Å². The number of aryl methyl sites for hydroxylation is 2. The predicted octanol–water partition coefficient (Wildman–Crippen LogP) is 2.33. The first-order chi connectivity index (χ1) is 10.1. The summed E-state index contributed by atoms with van der Waals surface area (Å²) in [6, 6.07) is 6.83. The van der Waals surface area contributed by atoms with Crippen LogP contribution in [0.25, 0.3) is 0 Å². The Labute approximate surface area is 129 Å². The lowest BCUT2D eigenvalue weighted by Crippen LogP contribution is -2.48. The van der Waals surface area contributed by atoms with Crippen molar-refractivity contribution in [2.45, 2.75) is 32.7 Å². The van der Waals surface area contributed by atoms with Crippen LogP contribution in [0.3, 0.4) is 0 Å². The molecular formula is C18H29N3. The molecule has 21 heavy (non-hydrogen) atoms. The molecule has 1 heterocycles. The standard InChI is InChI=1S/C18H29N3/c1-14-9-15(2)11-17(10-14)18(19)13-21-7-5-20(6-8-21)12-16-3-4-16/h9-11,16,18H,3-8,12-13,19H2,1-2H3. The van der Waals surface area contributed by atoms with Gasteiger partial charge in [-0.2, -0.15) is 0 Å². The molecule has 1 aromatic rings. The van der Waals surface area contributed by atoms with Gasteiger partial charge in [0.15, 0.2) is 0 Å². The lowest BCUT2D eigenvalue weighted by Gasteiger charge is -2.36. The summed E-state index contributed by atoms with van der Waals surface area (Å²) >= 11 is 0. The molecule has 3 heteroatoms. The molecule has 1 aliphatic carbocycles. The van der Waals surface area contributed by atoms with Crippen LogP contribution < -0.4 is 5.73 Å². The van der Waals surface area contributed by atoms with Gasteiger partial charge in [0.2, 0.25) is 0 Å². The van der Waals surface area contributed by atoms with E-state index in [1.54, 1.807) is 0 Å². The lowest BCUT2D eigenvalue weighted by atomic mass is 10.0. The van der Waals surface area contributed by atoms with Crippen molar-refractivity contribution in [1.29, 1.82) is 0 Å². The summed E-state index contributed by atoms with van der Waals surface area (Å²) in [5.74, 6) is 1.01. The third-order valence-corrected chi connectivity index (χ3v) is 4.81. The van der Waals surface area contributed by atoms with Crippen molar-refractivity contribution in [1.82, 2.24) is 9.80 Å². The minimum Gasteiger partial charge on any atom is -0.323 e. The van der Waals surface area contributed by atoms with Crippen LogP contribution in [0.5, 0.6) is 0 Å². The second kappa shape index (κ2) is 6.47. The Morgan fingerprint density at radius 2 is 1.57 bits per heavy atom. The lowest BCUT2D eigenvalue weighted by molar-refractivity contribution is 0.123. The minimum absolute atomic E-state index is 0.138. The third-order valence-electron chi connectivity index (χ3n) is 4.81. The van der Waals surface area contributed by atoms with Crippen molar-refractivity contribution in [3.63, 3.8) is 0 Å².